The smallest absolute Gasteiger partial charge is 0.323 e. The van der Waals surface area contributed by atoms with Crippen LogP contribution in [0.25, 0.3) is 10.8 Å². The van der Waals surface area contributed by atoms with Gasteiger partial charge in [-0.25, -0.2) is 4.79 Å². The fraction of sp³-hybridized carbons (Fsp3) is 0.324. The van der Waals surface area contributed by atoms with Gasteiger partial charge in [0.1, 0.15) is 5.75 Å². The van der Waals surface area contributed by atoms with Crippen LogP contribution in [0.4, 0.5) is 16.2 Å². The molecule has 0 saturated carbocycles. The Morgan fingerprint density at radius 3 is 2.33 bits per heavy atom. The highest BCUT2D eigenvalue weighted by Crippen LogP contribution is 2.33. The summed E-state index contributed by atoms with van der Waals surface area (Å²) in [5.41, 5.74) is 4.57. The molecule has 0 spiro atoms. The van der Waals surface area contributed by atoms with Crippen molar-refractivity contribution in [2.75, 3.05) is 43.5 Å². The topological polar surface area (TPSA) is 92.8 Å². The van der Waals surface area contributed by atoms with Crippen LogP contribution in [0.15, 0.2) is 79.1 Å². The van der Waals surface area contributed by atoms with E-state index in [-0.39, 0.29) is 24.0 Å². The van der Waals surface area contributed by atoms with Crippen molar-refractivity contribution in [2.24, 2.45) is 0 Å². The van der Waals surface area contributed by atoms with Crippen molar-refractivity contribution in [3.05, 3.63) is 95.8 Å². The Morgan fingerprint density at radius 2 is 1.60 bits per heavy atom. The molecule has 218 valence electrons. The Balaban J connectivity index is 1.32. The van der Waals surface area contributed by atoms with E-state index in [1.165, 1.54) is 11.1 Å². The summed E-state index contributed by atoms with van der Waals surface area (Å²) in [5.74, 6) is 0.333. The van der Waals surface area contributed by atoms with Gasteiger partial charge in [-0.1, -0.05) is 57.2 Å². The zero-order valence-electron chi connectivity index (χ0n) is 24.5. The summed E-state index contributed by atoms with van der Waals surface area (Å²) in [5, 5.41) is 8.08. The van der Waals surface area contributed by atoms with Gasteiger partial charge in [0.15, 0.2) is 6.61 Å². The molecule has 1 saturated heterocycles. The summed E-state index contributed by atoms with van der Waals surface area (Å²) in [6.07, 6.45) is 5.41. The first-order valence-electron chi connectivity index (χ1n) is 14.4. The molecule has 0 aliphatic carbocycles. The molecule has 3 aromatic carbocycles. The number of ether oxygens (including phenoxy) is 2. The number of carbonyl (C=O) groups excluding carboxylic acids is 2. The summed E-state index contributed by atoms with van der Waals surface area (Å²) in [6, 6.07) is 21.5. The van der Waals surface area contributed by atoms with E-state index >= 15 is 0 Å². The molecule has 2 N–H and O–H groups in total. The zero-order valence-corrected chi connectivity index (χ0v) is 24.5. The molecular formula is C34H38N4O4. The Bertz CT molecular complexity index is 1540. The van der Waals surface area contributed by atoms with Crippen LogP contribution in [0.2, 0.25) is 0 Å². The second kappa shape index (κ2) is 13.0. The molecule has 1 aromatic heterocycles. The third-order valence-electron chi connectivity index (χ3n) is 7.50. The lowest BCUT2D eigenvalue weighted by atomic mass is 9.87. The predicted molar refractivity (Wildman–Crippen MR) is 166 cm³/mol. The number of fused-ring (bicyclic) bond motifs is 1. The molecule has 0 radical (unpaired) electrons. The Kier molecular flexibility index (Phi) is 9.03. The number of benzene rings is 3. The highest BCUT2D eigenvalue weighted by Gasteiger charge is 2.21. The normalized spacial score (nSPS) is 13.5. The van der Waals surface area contributed by atoms with E-state index in [4.69, 9.17) is 9.47 Å². The number of aromatic nitrogens is 1. The Labute approximate surface area is 247 Å². The number of rotatable bonds is 8. The van der Waals surface area contributed by atoms with Crippen LogP contribution in [-0.2, 0) is 27.8 Å². The third-order valence-corrected chi connectivity index (χ3v) is 7.50. The lowest BCUT2D eigenvalue weighted by Gasteiger charge is -2.27. The van der Waals surface area contributed by atoms with Crippen molar-refractivity contribution in [3.8, 4) is 5.75 Å². The van der Waals surface area contributed by atoms with Crippen LogP contribution in [0.3, 0.4) is 0 Å². The summed E-state index contributed by atoms with van der Waals surface area (Å²) in [4.78, 5) is 31.9. The van der Waals surface area contributed by atoms with Gasteiger partial charge in [0.25, 0.3) is 5.91 Å². The molecular weight excluding hydrogens is 528 g/mol. The van der Waals surface area contributed by atoms with Gasteiger partial charge >= 0.3 is 6.03 Å². The minimum atomic E-state index is -0.389. The molecule has 0 atom stereocenters. The molecule has 0 unspecified atom stereocenters. The second-order valence-electron chi connectivity index (χ2n) is 11.5. The maximum atomic E-state index is 13.3. The van der Waals surface area contributed by atoms with Crippen LogP contribution in [0.1, 0.15) is 37.5 Å². The first-order chi connectivity index (χ1) is 20.3. The van der Waals surface area contributed by atoms with Crippen molar-refractivity contribution < 1.29 is 19.1 Å². The minimum absolute atomic E-state index is 0.107. The molecule has 1 aliphatic rings. The number of nitrogens with one attached hydrogen (secondary N) is 2. The van der Waals surface area contributed by atoms with E-state index in [2.05, 4.69) is 48.5 Å². The van der Waals surface area contributed by atoms with Crippen molar-refractivity contribution in [3.63, 3.8) is 0 Å². The average molecular weight is 567 g/mol. The largest absolute Gasteiger partial charge is 0.482 e. The SMILES string of the molecule is CC(C)(C)c1ccc(OCC(=O)N2CCOCC2)c(NC(=O)Nc2ccc(CCc3ccncc3)c3ccccc23)c1. The first kappa shape index (κ1) is 29.1. The van der Waals surface area contributed by atoms with Gasteiger partial charge in [-0.2, -0.15) is 0 Å². The molecule has 2 heterocycles. The predicted octanol–water partition coefficient (Wildman–Crippen LogP) is 6.20. The molecule has 42 heavy (non-hydrogen) atoms. The summed E-state index contributed by atoms with van der Waals surface area (Å²) < 4.78 is 11.3. The van der Waals surface area contributed by atoms with E-state index in [0.29, 0.717) is 43.4 Å². The minimum Gasteiger partial charge on any atom is -0.482 e. The molecule has 3 amide bonds. The monoisotopic (exact) mass is 566 g/mol. The van der Waals surface area contributed by atoms with E-state index < -0.39 is 0 Å². The summed E-state index contributed by atoms with van der Waals surface area (Å²) in [7, 11) is 0. The van der Waals surface area contributed by atoms with Gasteiger partial charge in [-0.3, -0.25) is 9.78 Å². The van der Waals surface area contributed by atoms with Gasteiger partial charge in [0, 0.05) is 30.9 Å². The number of urea groups is 1. The number of morpholine rings is 1. The van der Waals surface area contributed by atoms with Crippen molar-refractivity contribution >= 4 is 34.1 Å². The van der Waals surface area contributed by atoms with Crippen LogP contribution >= 0.6 is 0 Å². The van der Waals surface area contributed by atoms with Gasteiger partial charge in [0.2, 0.25) is 0 Å². The molecule has 8 heteroatoms. The van der Waals surface area contributed by atoms with E-state index in [0.717, 1.165) is 29.2 Å². The number of aryl methyl sites for hydroxylation is 2. The molecule has 4 aromatic rings. The number of anilines is 2. The molecule has 5 rings (SSSR count). The van der Waals surface area contributed by atoms with Gasteiger partial charge < -0.3 is 25.0 Å². The summed E-state index contributed by atoms with van der Waals surface area (Å²) >= 11 is 0. The fourth-order valence-electron chi connectivity index (χ4n) is 5.06. The van der Waals surface area contributed by atoms with Crippen molar-refractivity contribution in [1.29, 1.82) is 0 Å². The number of amides is 3. The number of hydrogen-bond acceptors (Lipinski definition) is 5. The number of pyridine rings is 1. The summed E-state index contributed by atoms with van der Waals surface area (Å²) in [6.45, 7) is 8.37. The number of carbonyl (C=O) groups is 2. The lowest BCUT2D eigenvalue weighted by Crippen LogP contribution is -2.43. The second-order valence-corrected chi connectivity index (χ2v) is 11.5. The highest BCUT2D eigenvalue weighted by molar-refractivity contribution is 6.07. The quantitative estimate of drug-likeness (QED) is 0.265. The molecule has 1 aliphatic heterocycles. The maximum absolute atomic E-state index is 13.3. The highest BCUT2D eigenvalue weighted by atomic mass is 16.5. The fourth-order valence-corrected chi connectivity index (χ4v) is 5.06. The standard InChI is InChI=1S/C34H38N4O4/c1-34(2,3)26-11-13-31(42-23-32(39)38-18-20-41-21-19-38)30(22-26)37-33(40)36-29-12-10-25(27-6-4-5-7-28(27)29)9-8-24-14-16-35-17-15-24/h4-7,10-17,22H,8-9,18-21,23H2,1-3H3,(H2,36,37,40). The first-order valence-corrected chi connectivity index (χ1v) is 14.4. The van der Waals surface area contributed by atoms with Crippen molar-refractivity contribution in [2.45, 2.75) is 39.0 Å². The van der Waals surface area contributed by atoms with Crippen LogP contribution in [0.5, 0.6) is 5.75 Å². The number of nitrogens with zero attached hydrogens (tertiary/aromatic N) is 2. The Morgan fingerprint density at radius 1 is 0.881 bits per heavy atom. The van der Waals surface area contributed by atoms with Gasteiger partial charge in [-0.05, 0) is 70.7 Å². The van der Waals surface area contributed by atoms with Gasteiger partial charge in [0.05, 0.1) is 24.6 Å². The molecule has 8 nitrogen and oxygen atoms in total. The zero-order chi connectivity index (χ0) is 29.5. The van der Waals surface area contributed by atoms with E-state index in [1.54, 1.807) is 4.90 Å². The third kappa shape index (κ3) is 7.25. The molecule has 0 bridgehead atoms. The number of hydrogen-bond donors (Lipinski definition) is 2. The maximum Gasteiger partial charge on any atom is 0.323 e. The van der Waals surface area contributed by atoms with Gasteiger partial charge in [-0.15, -0.1) is 0 Å². The Hall–Kier alpha value is -4.43. The van der Waals surface area contributed by atoms with E-state index in [9.17, 15) is 9.59 Å². The van der Waals surface area contributed by atoms with Crippen LogP contribution < -0.4 is 15.4 Å². The van der Waals surface area contributed by atoms with Crippen LogP contribution in [-0.4, -0.2) is 54.7 Å². The lowest BCUT2D eigenvalue weighted by molar-refractivity contribution is -0.137. The molecule has 1 fully saturated rings. The van der Waals surface area contributed by atoms with Crippen LogP contribution in [0, 0.1) is 0 Å². The van der Waals surface area contributed by atoms with Crippen molar-refractivity contribution in [1.82, 2.24) is 9.88 Å². The van der Waals surface area contributed by atoms with E-state index in [1.807, 2.05) is 67.0 Å². The average Bonchev–Trinajstić information content (AvgIpc) is 3.00.